The summed E-state index contributed by atoms with van der Waals surface area (Å²) in [6.45, 7) is 0. The summed E-state index contributed by atoms with van der Waals surface area (Å²) in [4.78, 5) is 3.69. The van der Waals surface area contributed by atoms with Crippen LogP contribution < -0.4 is 0 Å². The third-order valence-corrected chi connectivity index (χ3v) is 3.56. The number of hydrogen-bond acceptors (Lipinski definition) is 1. The maximum absolute atomic E-state index is 13.5. The summed E-state index contributed by atoms with van der Waals surface area (Å²) in [5, 5.41) is 0. The van der Waals surface area contributed by atoms with E-state index in [1.807, 2.05) is 0 Å². The molecule has 1 aliphatic carbocycles. The van der Waals surface area contributed by atoms with Crippen LogP contribution in [-0.2, 0) is 25.5 Å². The van der Waals surface area contributed by atoms with Crippen molar-refractivity contribution in [1.29, 1.82) is 0 Å². The smallest absolute Gasteiger partial charge is 0.304 e. The minimum Gasteiger partial charge on any atom is -0.304 e. The average molecular weight is 494 g/mol. The van der Waals surface area contributed by atoms with Crippen molar-refractivity contribution >= 4 is 0 Å². The summed E-state index contributed by atoms with van der Waals surface area (Å²) in [7, 11) is 0. The van der Waals surface area contributed by atoms with E-state index in [0.29, 0.717) is 0 Å². The van der Waals surface area contributed by atoms with E-state index in [1.54, 1.807) is 0 Å². The van der Waals surface area contributed by atoms with Crippen LogP contribution in [0, 0.1) is 6.07 Å². The molecule has 0 N–H and O–H groups in total. The van der Waals surface area contributed by atoms with Crippen LogP contribution in [0.2, 0.25) is 0 Å². The van der Waals surface area contributed by atoms with Crippen LogP contribution in [0.5, 0.6) is 0 Å². The number of fused-ring (bicyclic) bond motifs is 3. The summed E-state index contributed by atoms with van der Waals surface area (Å²) in [5.74, 6) is 0. The fourth-order valence-electron chi connectivity index (χ4n) is 2.77. The molecule has 1 heterocycles. The Balaban J connectivity index is 0.00000176. The van der Waals surface area contributed by atoms with Crippen LogP contribution in [0.25, 0.3) is 11.3 Å². The van der Waals surface area contributed by atoms with Gasteiger partial charge >= 0.3 is 12.4 Å². The molecule has 0 aliphatic heterocycles. The quantitative estimate of drug-likeness (QED) is 0.394. The van der Waals surface area contributed by atoms with E-state index in [0.717, 1.165) is 30.5 Å². The maximum Gasteiger partial charge on any atom is 0.402 e. The van der Waals surface area contributed by atoms with Crippen molar-refractivity contribution in [2.24, 2.45) is 0 Å². The van der Waals surface area contributed by atoms with Crippen molar-refractivity contribution in [3.63, 3.8) is 0 Å². The largest absolute Gasteiger partial charge is 0.402 e. The normalized spacial score (nSPS) is 15.7. The predicted molar refractivity (Wildman–Crippen MR) is 61.4 cm³/mol. The van der Waals surface area contributed by atoms with Gasteiger partial charge in [-0.3, -0.25) is 0 Å². The first-order chi connectivity index (χ1) is 9.71. The molecule has 1 nitrogen and oxygen atoms in total. The number of rotatable bonds is 0. The third kappa shape index (κ3) is 1.93. The molecular weight excluding hydrogens is 488 g/mol. The van der Waals surface area contributed by atoms with Gasteiger partial charge in [-0.1, -0.05) is 6.07 Å². The molecule has 22 heavy (non-hydrogen) atoms. The third-order valence-electron chi connectivity index (χ3n) is 3.56. The fraction of sp³-hybridized carbons (Fsp3) is 0.214. The van der Waals surface area contributed by atoms with E-state index < -0.39 is 28.9 Å². The first-order valence-electron chi connectivity index (χ1n) is 5.82. The summed E-state index contributed by atoms with van der Waals surface area (Å²) >= 11 is 0. The van der Waals surface area contributed by atoms with Gasteiger partial charge in [0.25, 0.3) is 0 Å². The minimum atomic E-state index is -5.54. The van der Waals surface area contributed by atoms with Crippen LogP contribution in [0.15, 0.2) is 36.5 Å². The van der Waals surface area contributed by atoms with Gasteiger partial charge in [-0.05, 0) is 17.3 Å². The van der Waals surface area contributed by atoms with Gasteiger partial charge < -0.3 is 4.98 Å². The molecule has 119 valence electrons. The number of halogens is 6. The molecule has 0 atom stereocenters. The van der Waals surface area contributed by atoms with Gasteiger partial charge in [-0.2, -0.15) is 26.3 Å². The Kier molecular flexibility index (Phi) is 3.90. The van der Waals surface area contributed by atoms with Crippen LogP contribution in [-0.4, -0.2) is 17.3 Å². The van der Waals surface area contributed by atoms with E-state index in [2.05, 4.69) is 11.1 Å². The van der Waals surface area contributed by atoms with E-state index in [9.17, 15) is 26.3 Å². The SMILES string of the molecule is FC(F)(F)C1(C(F)(F)F)c2ccc[c-]c2-c2ncccc21.[Ir]. The van der Waals surface area contributed by atoms with Crippen molar-refractivity contribution in [3.8, 4) is 11.3 Å². The van der Waals surface area contributed by atoms with E-state index in [1.165, 1.54) is 6.07 Å². The maximum atomic E-state index is 13.5. The Morgan fingerprint density at radius 2 is 1.50 bits per heavy atom. The number of nitrogens with zero attached hydrogens (tertiary/aromatic N) is 1. The Bertz CT molecular complexity index is 645. The Labute approximate surface area is 134 Å². The van der Waals surface area contributed by atoms with Gasteiger partial charge in [0, 0.05) is 26.3 Å². The summed E-state index contributed by atoms with van der Waals surface area (Å²) in [6, 6.07) is 7.52. The second kappa shape index (κ2) is 5.06. The minimum absolute atomic E-state index is 0. The molecule has 1 aromatic carbocycles. The zero-order valence-electron chi connectivity index (χ0n) is 10.5. The first-order valence-corrected chi connectivity index (χ1v) is 5.82. The first kappa shape index (κ1) is 17.0. The van der Waals surface area contributed by atoms with Crippen molar-refractivity contribution in [3.05, 3.63) is 53.7 Å². The molecule has 3 rings (SSSR count). The molecule has 0 unspecified atom stereocenters. The van der Waals surface area contributed by atoms with Crippen molar-refractivity contribution in [2.75, 3.05) is 0 Å². The molecule has 0 spiro atoms. The van der Waals surface area contributed by atoms with Gasteiger partial charge in [0.05, 0.1) is 0 Å². The Morgan fingerprint density at radius 3 is 2.09 bits per heavy atom. The molecule has 2 aromatic rings. The molecule has 1 aromatic heterocycles. The van der Waals surface area contributed by atoms with E-state index in [4.69, 9.17) is 0 Å². The predicted octanol–water partition coefficient (Wildman–Crippen LogP) is 4.27. The summed E-state index contributed by atoms with van der Waals surface area (Å²) in [5.41, 5.74) is -6.43. The summed E-state index contributed by atoms with van der Waals surface area (Å²) in [6.07, 6.45) is -9.92. The second-order valence-electron chi connectivity index (χ2n) is 4.60. The molecule has 0 saturated carbocycles. The number of aromatic nitrogens is 1. The number of alkyl halides is 6. The molecular formula is C14H6F6IrN-. The molecule has 1 aliphatic rings. The van der Waals surface area contributed by atoms with Crippen molar-refractivity contribution < 1.29 is 46.4 Å². The van der Waals surface area contributed by atoms with Gasteiger partial charge in [0.1, 0.15) is 0 Å². The Hall–Kier alpha value is -1.40. The Morgan fingerprint density at radius 1 is 0.909 bits per heavy atom. The topological polar surface area (TPSA) is 12.9 Å². The number of benzene rings is 1. The van der Waals surface area contributed by atoms with Crippen LogP contribution in [0.4, 0.5) is 26.3 Å². The van der Waals surface area contributed by atoms with Gasteiger partial charge in [0.15, 0.2) is 5.41 Å². The zero-order chi connectivity index (χ0) is 15.5. The average Bonchev–Trinajstić information content (AvgIpc) is 2.69. The van der Waals surface area contributed by atoms with Gasteiger partial charge in [-0.15, -0.1) is 35.4 Å². The standard InChI is InChI=1S/C14H6F6N.Ir/c15-13(16,17)12(14(18,19)20)9-5-2-1-4-8(9)11-10(12)6-3-7-21-11;/h1-3,5-7H;/q-1;. The zero-order valence-corrected chi connectivity index (χ0v) is 12.9. The summed E-state index contributed by atoms with van der Waals surface area (Å²) < 4.78 is 81.0. The molecule has 1 radical (unpaired) electrons. The molecule has 0 bridgehead atoms. The van der Waals surface area contributed by atoms with Crippen LogP contribution in [0.1, 0.15) is 11.1 Å². The van der Waals surface area contributed by atoms with Gasteiger partial charge in [-0.25, -0.2) is 0 Å². The molecule has 8 heteroatoms. The molecule has 0 fully saturated rings. The number of hydrogen-bond donors (Lipinski definition) is 0. The van der Waals surface area contributed by atoms with Crippen molar-refractivity contribution in [2.45, 2.75) is 17.8 Å². The fourth-order valence-corrected chi connectivity index (χ4v) is 2.77. The number of pyridine rings is 1. The van der Waals surface area contributed by atoms with E-state index in [-0.39, 0.29) is 31.4 Å². The van der Waals surface area contributed by atoms with Gasteiger partial charge in [0.2, 0.25) is 0 Å². The molecule has 0 saturated heterocycles. The van der Waals surface area contributed by atoms with E-state index >= 15 is 0 Å². The monoisotopic (exact) mass is 495 g/mol. The van der Waals surface area contributed by atoms with Crippen LogP contribution >= 0.6 is 0 Å². The van der Waals surface area contributed by atoms with Crippen LogP contribution in [0.3, 0.4) is 0 Å². The second-order valence-corrected chi connectivity index (χ2v) is 4.60. The molecule has 0 amide bonds. The van der Waals surface area contributed by atoms with Crippen molar-refractivity contribution in [1.82, 2.24) is 4.98 Å².